The molecule has 0 aliphatic rings. The van der Waals surface area contributed by atoms with Crippen LogP contribution in [0.25, 0.3) is 0 Å². The van der Waals surface area contributed by atoms with Gasteiger partial charge < -0.3 is 20.4 Å². The van der Waals surface area contributed by atoms with E-state index in [9.17, 15) is 4.79 Å². The van der Waals surface area contributed by atoms with Crippen molar-refractivity contribution in [1.29, 1.82) is 0 Å². The van der Waals surface area contributed by atoms with Crippen molar-refractivity contribution in [3.05, 3.63) is 0 Å². The Morgan fingerprint density at radius 3 is 2.31 bits per heavy atom. The summed E-state index contributed by atoms with van der Waals surface area (Å²) < 4.78 is 0. The molecule has 0 aromatic carbocycles. The maximum atomic E-state index is 11.7. The Bertz CT molecular complexity index is 217. The van der Waals surface area contributed by atoms with Gasteiger partial charge in [0.25, 0.3) is 0 Å². The third-order valence-electron chi connectivity index (χ3n) is 2.82. The highest BCUT2D eigenvalue weighted by molar-refractivity contribution is 5.81. The van der Waals surface area contributed by atoms with E-state index in [2.05, 4.69) is 5.32 Å². The van der Waals surface area contributed by atoms with Crippen molar-refractivity contribution in [3.8, 4) is 0 Å². The summed E-state index contributed by atoms with van der Waals surface area (Å²) in [6.07, 6.45) is 0. The van der Waals surface area contributed by atoms with Gasteiger partial charge in [0.05, 0.1) is 19.3 Å². The van der Waals surface area contributed by atoms with Crippen LogP contribution in [0.3, 0.4) is 0 Å². The number of nitrogens with zero attached hydrogens (tertiary/aromatic N) is 1. The molecular weight excluding hydrogens is 208 g/mol. The molecule has 0 aromatic heterocycles. The number of hydrogen-bond acceptors (Lipinski definition) is 4. The lowest BCUT2D eigenvalue weighted by molar-refractivity contribution is -0.131. The molecular formula is C11H24N2O3. The summed E-state index contributed by atoms with van der Waals surface area (Å²) in [6, 6.07) is -0.303. The normalized spacial score (nSPS) is 13.6. The molecule has 0 saturated carbocycles. The van der Waals surface area contributed by atoms with Crippen LogP contribution in [-0.2, 0) is 4.79 Å². The Balaban J connectivity index is 4.16. The zero-order valence-electron chi connectivity index (χ0n) is 10.7. The monoisotopic (exact) mass is 232 g/mol. The van der Waals surface area contributed by atoms with Crippen LogP contribution in [0.15, 0.2) is 0 Å². The van der Waals surface area contributed by atoms with Crippen molar-refractivity contribution in [1.82, 2.24) is 10.2 Å². The Morgan fingerprint density at radius 2 is 1.94 bits per heavy atom. The van der Waals surface area contributed by atoms with Gasteiger partial charge in [-0.3, -0.25) is 4.79 Å². The molecule has 0 saturated heterocycles. The van der Waals surface area contributed by atoms with E-state index in [4.69, 9.17) is 10.2 Å². The number of hydrogen-bond donors (Lipinski definition) is 3. The van der Waals surface area contributed by atoms with Crippen molar-refractivity contribution in [2.45, 2.75) is 26.8 Å². The smallest absolute Gasteiger partial charge is 0.239 e. The van der Waals surface area contributed by atoms with E-state index in [0.29, 0.717) is 13.1 Å². The van der Waals surface area contributed by atoms with Gasteiger partial charge in [-0.1, -0.05) is 6.92 Å². The van der Waals surface area contributed by atoms with Crippen molar-refractivity contribution >= 4 is 5.91 Å². The van der Waals surface area contributed by atoms with Crippen LogP contribution < -0.4 is 5.32 Å². The lowest BCUT2D eigenvalue weighted by Gasteiger charge is -2.28. The first-order chi connectivity index (χ1) is 7.40. The largest absolute Gasteiger partial charge is 0.396 e. The molecule has 0 radical (unpaired) electrons. The van der Waals surface area contributed by atoms with E-state index < -0.39 is 5.41 Å². The number of carbonyl (C=O) groups excluding carboxylic acids is 1. The van der Waals surface area contributed by atoms with Gasteiger partial charge >= 0.3 is 0 Å². The van der Waals surface area contributed by atoms with Crippen LogP contribution in [0.4, 0.5) is 0 Å². The molecule has 1 atom stereocenters. The maximum absolute atomic E-state index is 11.7. The number of nitrogens with one attached hydrogen (secondary N) is 1. The van der Waals surface area contributed by atoms with Crippen LogP contribution in [0, 0.1) is 5.41 Å². The van der Waals surface area contributed by atoms with Crippen LogP contribution in [0.5, 0.6) is 0 Å². The molecule has 0 bridgehead atoms. The number of aliphatic hydroxyl groups excluding tert-OH is 2. The van der Waals surface area contributed by atoms with Crippen LogP contribution in [-0.4, -0.2) is 60.4 Å². The molecule has 0 aliphatic heterocycles. The van der Waals surface area contributed by atoms with Crippen molar-refractivity contribution < 1.29 is 15.0 Å². The Kier molecular flexibility index (Phi) is 6.55. The molecule has 96 valence electrons. The second-order valence-corrected chi connectivity index (χ2v) is 4.58. The molecule has 0 aromatic rings. The number of amides is 1. The molecule has 0 spiro atoms. The van der Waals surface area contributed by atoms with E-state index in [0.717, 1.165) is 0 Å². The third kappa shape index (κ3) is 4.47. The van der Waals surface area contributed by atoms with Gasteiger partial charge in [-0.2, -0.15) is 0 Å². The van der Waals surface area contributed by atoms with Gasteiger partial charge in [-0.25, -0.2) is 0 Å². The van der Waals surface area contributed by atoms with Gasteiger partial charge in [0.1, 0.15) is 0 Å². The average Bonchev–Trinajstić information content (AvgIpc) is 2.33. The van der Waals surface area contributed by atoms with E-state index in [1.165, 1.54) is 0 Å². The Hall–Kier alpha value is -0.650. The quantitative estimate of drug-likeness (QED) is 0.550. The molecule has 1 unspecified atom stereocenters. The fourth-order valence-electron chi connectivity index (χ4n) is 1.14. The molecule has 16 heavy (non-hydrogen) atoms. The first kappa shape index (κ1) is 15.3. The van der Waals surface area contributed by atoms with Crippen LogP contribution >= 0.6 is 0 Å². The maximum Gasteiger partial charge on any atom is 0.239 e. The molecule has 0 aliphatic carbocycles. The minimum Gasteiger partial charge on any atom is -0.396 e. The van der Waals surface area contributed by atoms with Crippen molar-refractivity contribution in [3.63, 3.8) is 0 Å². The minimum atomic E-state index is -0.584. The Morgan fingerprint density at radius 1 is 1.44 bits per heavy atom. The first-order valence-corrected chi connectivity index (χ1v) is 5.60. The Labute approximate surface area is 97.4 Å². The number of likely N-dealkylation sites (N-methyl/N-ethyl adjacent to an activating group) is 1. The van der Waals surface area contributed by atoms with Crippen molar-refractivity contribution in [2.24, 2.45) is 5.41 Å². The average molecular weight is 232 g/mol. The molecule has 3 N–H and O–H groups in total. The summed E-state index contributed by atoms with van der Waals surface area (Å²) in [6.45, 7) is 6.31. The molecule has 5 nitrogen and oxygen atoms in total. The van der Waals surface area contributed by atoms with Crippen molar-refractivity contribution in [2.75, 3.05) is 33.4 Å². The fourth-order valence-corrected chi connectivity index (χ4v) is 1.14. The fraction of sp³-hybridized carbons (Fsp3) is 0.909. The van der Waals surface area contributed by atoms with E-state index in [1.807, 2.05) is 6.92 Å². The highest BCUT2D eigenvalue weighted by atomic mass is 16.3. The summed E-state index contributed by atoms with van der Waals surface area (Å²) in [5, 5.41) is 21.2. The van der Waals surface area contributed by atoms with Gasteiger partial charge in [-0.15, -0.1) is 0 Å². The predicted octanol–water partition coefficient (Wildman–Crippen LogP) is -0.566. The highest BCUT2D eigenvalue weighted by Crippen LogP contribution is 2.12. The second kappa shape index (κ2) is 6.83. The number of rotatable bonds is 7. The summed E-state index contributed by atoms with van der Waals surface area (Å²) in [7, 11) is 1.75. The lowest BCUT2D eigenvalue weighted by atomic mass is 9.93. The standard InChI is InChI=1S/C11H24N2O3/c1-5-13(4)10(16)9(2)12-6-11(3,7-14)8-15/h9,12,14-15H,5-8H2,1-4H3. The molecule has 0 heterocycles. The molecule has 5 heteroatoms. The van der Waals surface area contributed by atoms with E-state index in [-0.39, 0.29) is 25.2 Å². The zero-order chi connectivity index (χ0) is 12.8. The predicted molar refractivity (Wildman–Crippen MR) is 63.1 cm³/mol. The van der Waals surface area contributed by atoms with Gasteiger partial charge in [0.2, 0.25) is 5.91 Å². The van der Waals surface area contributed by atoms with E-state index >= 15 is 0 Å². The number of carbonyl (C=O) groups is 1. The topological polar surface area (TPSA) is 72.8 Å². The van der Waals surface area contributed by atoms with E-state index in [1.54, 1.807) is 25.8 Å². The SMILES string of the molecule is CCN(C)C(=O)C(C)NCC(C)(CO)CO. The lowest BCUT2D eigenvalue weighted by Crippen LogP contribution is -2.48. The molecule has 0 fully saturated rings. The summed E-state index contributed by atoms with van der Waals surface area (Å²) in [5.41, 5.74) is -0.584. The molecule has 0 rings (SSSR count). The summed E-state index contributed by atoms with van der Waals surface area (Å²) in [5.74, 6) is 0.0146. The van der Waals surface area contributed by atoms with Gasteiger partial charge in [-0.05, 0) is 13.8 Å². The first-order valence-electron chi connectivity index (χ1n) is 5.60. The van der Waals surface area contributed by atoms with Crippen LogP contribution in [0.2, 0.25) is 0 Å². The van der Waals surface area contributed by atoms with Gasteiger partial charge in [0.15, 0.2) is 0 Å². The summed E-state index contributed by atoms with van der Waals surface area (Å²) >= 11 is 0. The highest BCUT2D eigenvalue weighted by Gasteiger charge is 2.25. The second-order valence-electron chi connectivity index (χ2n) is 4.58. The minimum absolute atomic E-state index is 0.0146. The third-order valence-corrected chi connectivity index (χ3v) is 2.82. The summed E-state index contributed by atoms with van der Waals surface area (Å²) in [4.78, 5) is 13.3. The van der Waals surface area contributed by atoms with Gasteiger partial charge in [0, 0.05) is 25.6 Å². The number of aliphatic hydroxyl groups is 2. The molecule has 1 amide bonds. The van der Waals surface area contributed by atoms with Crippen LogP contribution in [0.1, 0.15) is 20.8 Å². The zero-order valence-corrected chi connectivity index (χ0v) is 10.7.